The van der Waals surface area contributed by atoms with Gasteiger partial charge in [0.15, 0.2) is 0 Å². The average molecular weight is 308 g/mol. The molecule has 3 nitrogen and oxygen atoms in total. The van der Waals surface area contributed by atoms with Crippen LogP contribution in [-0.2, 0) is 21.0 Å². The monoisotopic (exact) mass is 308 g/mol. The van der Waals surface area contributed by atoms with Crippen molar-refractivity contribution in [1.29, 1.82) is 0 Å². The molecule has 0 spiro atoms. The molecule has 10 heteroatoms. The molecule has 18 heavy (non-hydrogen) atoms. The van der Waals surface area contributed by atoms with Crippen molar-refractivity contribution < 1.29 is 34.1 Å². The van der Waals surface area contributed by atoms with Crippen LogP contribution in [0.25, 0.3) is 0 Å². The Balaban J connectivity index is 3.28. The Labute approximate surface area is 101 Å². The second-order valence-corrected chi connectivity index (χ2v) is 5.96. The number of rotatable bonds is 4. The molecule has 0 radical (unpaired) electrons. The van der Waals surface area contributed by atoms with Gasteiger partial charge in [-0.15, -0.1) is 0 Å². The van der Waals surface area contributed by atoms with Crippen LogP contribution in [0.1, 0.15) is 0 Å². The Kier molecular flexibility index (Phi) is 3.82. The summed E-state index contributed by atoms with van der Waals surface area (Å²) in [6.45, 7) is 0. The van der Waals surface area contributed by atoms with Crippen molar-refractivity contribution in [3.05, 3.63) is 30.3 Å². The van der Waals surface area contributed by atoms with E-state index in [1.165, 1.54) is 6.07 Å². The van der Waals surface area contributed by atoms with Crippen molar-refractivity contribution in [2.45, 2.75) is 15.4 Å². The molecule has 0 N–H and O–H groups in total. The third-order valence-corrected chi connectivity index (χ3v) is 4.26. The first-order valence-corrected chi connectivity index (χ1v) is 6.72. The molecule has 0 heterocycles. The molecule has 0 amide bonds. The minimum atomic E-state index is -6.89. The van der Waals surface area contributed by atoms with Crippen LogP contribution in [0.15, 0.2) is 35.2 Å². The summed E-state index contributed by atoms with van der Waals surface area (Å²) in [6, 6.07) is 5.25. The molecule has 0 aliphatic rings. The first kappa shape index (κ1) is 15.0. The minimum Gasteiger partial charge on any atom is -0.248 e. The lowest BCUT2D eigenvalue weighted by Crippen LogP contribution is -2.48. The van der Waals surface area contributed by atoms with Gasteiger partial charge in [-0.3, -0.25) is 0 Å². The number of hydrogen-bond acceptors (Lipinski definition) is 3. The Morgan fingerprint density at radius 3 is 1.83 bits per heavy atom. The summed E-state index contributed by atoms with van der Waals surface area (Å²) in [7, 11) is -10.6. The van der Waals surface area contributed by atoms with E-state index in [9.17, 15) is 34.1 Å². The van der Waals surface area contributed by atoms with Gasteiger partial charge >= 0.3 is 20.7 Å². The van der Waals surface area contributed by atoms with Gasteiger partial charge in [0.2, 0.25) is 0 Å². The smallest absolute Gasteiger partial charge is 0.248 e. The van der Waals surface area contributed by atoms with Crippen LogP contribution in [-0.4, -0.2) is 23.1 Å². The predicted molar refractivity (Wildman–Crippen MR) is 52.8 cm³/mol. The van der Waals surface area contributed by atoms with Crippen LogP contribution in [0.5, 0.6) is 0 Å². The van der Waals surface area contributed by atoms with Gasteiger partial charge < -0.3 is 0 Å². The number of benzene rings is 1. The van der Waals surface area contributed by atoms with Gasteiger partial charge in [0, 0.05) is 4.90 Å². The molecule has 0 saturated carbocycles. The first-order valence-electron chi connectivity index (χ1n) is 4.18. The van der Waals surface area contributed by atoms with Crippen molar-refractivity contribution in [2.75, 3.05) is 0 Å². The summed E-state index contributed by atoms with van der Waals surface area (Å²) >= 11 is 0. The van der Waals surface area contributed by atoms with E-state index in [0.717, 1.165) is 24.3 Å². The molecule has 0 fully saturated rings. The van der Waals surface area contributed by atoms with Crippen molar-refractivity contribution in [3.63, 3.8) is 0 Å². The molecule has 0 bridgehead atoms. The Morgan fingerprint density at radius 1 is 1.00 bits per heavy atom. The molecule has 0 saturated heterocycles. The fourth-order valence-electron chi connectivity index (χ4n) is 0.942. The highest BCUT2D eigenvalue weighted by Crippen LogP contribution is 2.43. The van der Waals surface area contributed by atoms with Crippen LogP contribution in [0.4, 0.5) is 21.4 Å². The SMILES string of the molecule is O=S(c1ccccc1)C(F)(F)C(F)(F)S(=O)(=O)F. The predicted octanol–water partition coefficient (Wildman–Crippen LogP) is 2.28. The standard InChI is InChI=1S/C8H5F5O3S2/c9-7(10,8(11,12)18(13,15)16)17(14)6-4-2-1-3-5-6/h1-5H. The van der Waals surface area contributed by atoms with Gasteiger partial charge in [-0.2, -0.15) is 26.0 Å². The molecule has 0 aliphatic carbocycles. The van der Waals surface area contributed by atoms with Crippen molar-refractivity contribution in [1.82, 2.24) is 0 Å². The van der Waals surface area contributed by atoms with Gasteiger partial charge in [0.25, 0.3) is 0 Å². The molecule has 102 valence electrons. The lowest BCUT2D eigenvalue weighted by atomic mass is 10.4. The molecule has 1 rings (SSSR count). The zero-order chi connectivity index (χ0) is 14.2. The highest BCUT2D eigenvalue weighted by Gasteiger charge is 2.70. The number of alkyl halides is 4. The number of halogens is 5. The van der Waals surface area contributed by atoms with Gasteiger partial charge in [-0.1, -0.05) is 22.1 Å². The Bertz CT molecular complexity index is 555. The van der Waals surface area contributed by atoms with E-state index in [2.05, 4.69) is 0 Å². The van der Waals surface area contributed by atoms with Gasteiger partial charge in [0.05, 0.1) is 0 Å². The van der Waals surface area contributed by atoms with Gasteiger partial charge in [-0.25, -0.2) is 4.21 Å². The quantitative estimate of drug-likeness (QED) is 0.633. The summed E-state index contributed by atoms with van der Waals surface area (Å²) < 4.78 is 95.1. The normalized spacial score (nSPS) is 15.4. The molecule has 1 atom stereocenters. The molecule has 0 aromatic heterocycles. The van der Waals surface area contributed by atoms with E-state index in [-0.39, 0.29) is 0 Å². The average Bonchev–Trinajstić information content (AvgIpc) is 2.27. The molecule has 1 aromatic carbocycles. The third kappa shape index (κ3) is 2.39. The third-order valence-electron chi connectivity index (χ3n) is 1.84. The Hall–Kier alpha value is -1.03. The maximum atomic E-state index is 13.1. The van der Waals surface area contributed by atoms with E-state index in [1.807, 2.05) is 0 Å². The van der Waals surface area contributed by atoms with Crippen LogP contribution < -0.4 is 0 Å². The van der Waals surface area contributed by atoms with Crippen molar-refractivity contribution in [3.8, 4) is 0 Å². The first-order chi connectivity index (χ1) is 8.02. The van der Waals surface area contributed by atoms with E-state index in [4.69, 9.17) is 0 Å². The maximum Gasteiger partial charge on any atom is 0.449 e. The van der Waals surface area contributed by atoms with Crippen molar-refractivity contribution in [2.24, 2.45) is 0 Å². The lowest BCUT2D eigenvalue weighted by Gasteiger charge is -2.21. The minimum absolute atomic E-state index is 0.745. The van der Waals surface area contributed by atoms with Crippen LogP contribution >= 0.6 is 0 Å². The van der Waals surface area contributed by atoms with E-state index < -0.39 is 36.4 Å². The number of hydrogen-bond donors (Lipinski definition) is 0. The zero-order valence-electron chi connectivity index (χ0n) is 8.32. The highest BCUT2D eigenvalue weighted by atomic mass is 32.3. The highest BCUT2D eigenvalue weighted by molar-refractivity contribution is 7.91. The summed E-state index contributed by atoms with van der Waals surface area (Å²) in [6.07, 6.45) is 0. The summed E-state index contributed by atoms with van der Waals surface area (Å²) in [5, 5.41) is -11.7. The van der Waals surface area contributed by atoms with Crippen LogP contribution in [0, 0.1) is 0 Å². The van der Waals surface area contributed by atoms with E-state index in [0.29, 0.717) is 0 Å². The summed E-state index contributed by atoms with van der Waals surface area (Å²) in [4.78, 5) is -0.745. The van der Waals surface area contributed by atoms with Gasteiger partial charge in [0.1, 0.15) is 10.8 Å². The molecule has 1 unspecified atom stereocenters. The largest absolute Gasteiger partial charge is 0.449 e. The molecule has 0 aliphatic heterocycles. The zero-order valence-corrected chi connectivity index (χ0v) is 9.95. The van der Waals surface area contributed by atoms with Gasteiger partial charge in [-0.05, 0) is 12.1 Å². The van der Waals surface area contributed by atoms with Crippen LogP contribution in [0.2, 0.25) is 0 Å². The lowest BCUT2D eigenvalue weighted by molar-refractivity contribution is -0.0962. The van der Waals surface area contributed by atoms with Crippen molar-refractivity contribution >= 4 is 21.0 Å². The van der Waals surface area contributed by atoms with E-state index in [1.54, 1.807) is 0 Å². The fraction of sp³-hybridized carbons (Fsp3) is 0.250. The molecular formula is C8H5F5O3S2. The second kappa shape index (κ2) is 4.57. The fourth-order valence-corrected chi connectivity index (χ4v) is 2.67. The summed E-state index contributed by atoms with van der Waals surface area (Å²) in [5.74, 6) is 0. The second-order valence-electron chi connectivity index (χ2n) is 3.05. The maximum absolute atomic E-state index is 13.1. The topological polar surface area (TPSA) is 51.2 Å². The molecule has 1 aromatic rings. The Morgan fingerprint density at radius 2 is 1.44 bits per heavy atom. The van der Waals surface area contributed by atoms with Crippen LogP contribution in [0.3, 0.4) is 0 Å². The molecular weight excluding hydrogens is 303 g/mol. The van der Waals surface area contributed by atoms with E-state index >= 15 is 0 Å². The summed E-state index contributed by atoms with van der Waals surface area (Å²) in [5.41, 5.74) is 0.